The van der Waals surface area contributed by atoms with Gasteiger partial charge in [-0.05, 0) is 4.08 Å². The predicted octanol–water partition coefficient (Wildman–Crippen LogP) is -0.0218. The van der Waals surface area contributed by atoms with Crippen LogP contribution in [-0.2, 0) is 4.74 Å². The van der Waals surface area contributed by atoms with Crippen LogP contribution in [0.1, 0.15) is 6.42 Å². The minimum absolute atomic E-state index is 0.141. The maximum absolute atomic E-state index is 8.93. The number of ether oxygens (including phenoxy) is 1. The molecule has 0 saturated carbocycles. The highest BCUT2D eigenvalue weighted by Crippen LogP contribution is 2.09. The highest BCUT2D eigenvalue weighted by molar-refractivity contribution is 14.1. The van der Waals surface area contributed by atoms with Crippen LogP contribution < -0.4 is 5.73 Å². The topological polar surface area (TPSA) is 75.7 Å². The van der Waals surface area contributed by atoms with Crippen molar-refractivity contribution in [3.8, 4) is 0 Å². The second-order valence-corrected chi connectivity index (χ2v) is 3.29. The van der Waals surface area contributed by atoms with Gasteiger partial charge in [0.15, 0.2) is 6.29 Å². The number of hydrogen-bond acceptors (Lipinski definition) is 4. The monoisotopic (exact) mass is 287 g/mol. The van der Waals surface area contributed by atoms with Crippen LogP contribution in [0.3, 0.4) is 0 Å². The van der Waals surface area contributed by atoms with Crippen molar-refractivity contribution in [1.29, 1.82) is 0 Å². The minimum Gasteiger partial charge on any atom is -0.389 e. The van der Waals surface area contributed by atoms with Gasteiger partial charge in [0, 0.05) is 12.5 Å². The van der Waals surface area contributed by atoms with Crippen LogP contribution in [0.5, 0.6) is 0 Å². The Morgan fingerprint density at radius 1 is 1.58 bits per heavy atom. The van der Waals surface area contributed by atoms with Crippen molar-refractivity contribution in [2.75, 3.05) is 6.61 Å². The van der Waals surface area contributed by atoms with E-state index in [1.807, 2.05) is 0 Å². The third-order valence-electron chi connectivity index (χ3n) is 1.43. The molecule has 0 amide bonds. The zero-order chi connectivity index (χ0) is 9.56. The molecule has 0 spiro atoms. The fourth-order valence-corrected chi connectivity index (χ4v) is 0.791. The molecule has 1 aliphatic heterocycles. The predicted molar refractivity (Wildman–Crippen MR) is 54.8 cm³/mol. The molecule has 1 fully saturated rings. The quantitative estimate of drug-likeness (QED) is 0.547. The summed E-state index contributed by atoms with van der Waals surface area (Å²) < 4.78 is 6.41. The average molecular weight is 287 g/mol. The van der Waals surface area contributed by atoms with Crippen LogP contribution >= 0.6 is 22.6 Å². The maximum atomic E-state index is 8.93. The molecule has 0 aromatic carbocycles. The lowest BCUT2D eigenvalue weighted by atomic mass is 10.1. The summed E-state index contributed by atoms with van der Waals surface area (Å²) in [7, 11) is 0. The van der Waals surface area contributed by atoms with Crippen LogP contribution in [0.15, 0.2) is 10.7 Å². The van der Waals surface area contributed by atoms with Gasteiger partial charge in [-0.2, -0.15) is 0 Å². The van der Waals surface area contributed by atoms with Crippen LogP contribution in [0.2, 0.25) is 0 Å². The van der Waals surface area contributed by atoms with E-state index in [1.165, 1.54) is 0 Å². The average Bonchev–Trinajstić information content (AvgIpc) is 1.99. The fraction of sp³-hybridized carbons (Fsp3) is 0.714. The Hall–Kier alpha value is 0.310. The Morgan fingerprint density at radius 3 is 2.42 bits per heavy atom. The molecule has 1 saturated heterocycles. The fourth-order valence-electron chi connectivity index (χ4n) is 0.791. The van der Waals surface area contributed by atoms with Gasteiger partial charge >= 0.3 is 0 Å². The smallest absolute Gasteiger partial charge is 0.156 e. The molecule has 0 bridgehead atoms. The Bertz CT molecular complexity index is 134. The molecule has 72 valence electrons. The highest BCUT2D eigenvalue weighted by atomic mass is 127. The van der Waals surface area contributed by atoms with E-state index in [9.17, 15) is 0 Å². The van der Waals surface area contributed by atoms with Crippen molar-refractivity contribution in [1.82, 2.24) is 0 Å². The molecular weight excluding hydrogens is 273 g/mol. The molecule has 12 heavy (non-hydrogen) atoms. The molecule has 1 heterocycles. The highest BCUT2D eigenvalue weighted by Gasteiger charge is 2.25. The zero-order valence-corrected chi connectivity index (χ0v) is 8.85. The van der Waals surface area contributed by atoms with Crippen molar-refractivity contribution in [3.05, 3.63) is 10.7 Å². The van der Waals surface area contributed by atoms with Gasteiger partial charge in [0.05, 0.1) is 12.7 Å². The van der Waals surface area contributed by atoms with E-state index in [0.717, 1.165) is 0 Å². The molecule has 5 heteroatoms. The maximum Gasteiger partial charge on any atom is 0.156 e. The molecule has 4 nitrogen and oxygen atoms in total. The summed E-state index contributed by atoms with van der Waals surface area (Å²) >= 11 is 2.05. The van der Waals surface area contributed by atoms with Gasteiger partial charge in [-0.1, -0.05) is 29.2 Å². The summed E-state index contributed by atoms with van der Waals surface area (Å²) in [4.78, 5) is 0. The molecule has 0 radical (unpaired) electrons. The summed E-state index contributed by atoms with van der Waals surface area (Å²) in [5.41, 5.74) is 5.38. The van der Waals surface area contributed by atoms with Gasteiger partial charge in [-0.25, -0.2) is 0 Å². The van der Waals surface area contributed by atoms with E-state index in [-0.39, 0.29) is 12.6 Å². The SMILES string of the molecule is C=CI.NC1CC(O)OCC1O. The Morgan fingerprint density at radius 2 is 2.08 bits per heavy atom. The summed E-state index contributed by atoms with van der Waals surface area (Å²) in [5.74, 6) is 0. The first-order valence-corrected chi connectivity index (χ1v) is 4.80. The molecule has 3 atom stereocenters. The molecule has 0 aromatic rings. The Labute approximate surface area is 85.5 Å². The third kappa shape index (κ3) is 5.04. The van der Waals surface area contributed by atoms with Gasteiger partial charge in [0.1, 0.15) is 0 Å². The van der Waals surface area contributed by atoms with Crippen molar-refractivity contribution in [3.63, 3.8) is 0 Å². The van der Waals surface area contributed by atoms with E-state index in [2.05, 4.69) is 33.9 Å². The van der Waals surface area contributed by atoms with Gasteiger partial charge < -0.3 is 20.7 Å². The summed E-state index contributed by atoms with van der Waals surface area (Å²) in [6.07, 6.45) is -1.09. The minimum atomic E-state index is -0.789. The van der Waals surface area contributed by atoms with E-state index in [1.54, 1.807) is 4.08 Å². The first-order valence-electron chi connectivity index (χ1n) is 3.56. The van der Waals surface area contributed by atoms with Crippen molar-refractivity contribution >= 4 is 22.6 Å². The molecular formula is C7H14INO3. The Balaban J connectivity index is 0.000000354. The first kappa shape index (κ1) is 12.3. The van der Waals surface area contributed by atoms with Crippen LogP contribution in [-0.4, -0.2) is 35.3 Å². The van der Waals surface area contributed by atoms with E-state index < -0.39 is 12.4 Å². The number of aliphatic hydroxyl groups excluding tert-OH is 2. The summed E-state index contributed by atoms with van der Waals surface area (Å²) in [6.45, 7) is 3.49. The van der Waals surface area contributed by atoms with Gasteiger partial charge in [-0.15, -0.1) is 0 Å². The molecule has 3 unspecified atom stereocenters. The molecule has 4 N–H and O–H groups in total. The molecule has 1 aliphatic rings. The van der Waals surface area contributed by atoms with Crippen molar-refractivity contribution in [2.45, 2.75) is 24.9 Å². The first-order chi connectivity index (χ1) is 5.61. The van der Waals surface area contributed by atoms with Gasteiger partial charge in [-0.3, -0.25) is 0 Å². The van der Waals surface area contributed by atoms with E-state index in [0.29, 0.717) is 6.42 Å². The second kappa shape index (κ2) is 6.79. The molecule has 0 aliphatic carbocycles. The van der Waals surface area contributed by atoms with Crippen LogP contribution in [0.4, 0.5) is 0 Å². The summed E-state index contributed by atoms with van der Waals surface area (Å²) in [5, 5.41) is 17.7. The van der Waals surface area contributed by atoms with Crippen molar-refractivity contribution in [2.24, 2.45) is 5.73 Å². The van der Waals surface area contributed by atoms with E-state index >= 15 is 0 Å². The van der Waals surface area contributed by atoms with Crippen molar-refractivity contribution < 1.29 is 14.9 Å². The number of aliphatic hydroxyl groups is 2. The third-order valence-corrected chi connectivity index (χ3v) is 1.43. The molecule has 1 rings (SSSR count). The normalized spacial score (nSPS) is 34.8. The lowest BCUT2D eigenvalue weighted by Gasteiger charge is -2.27. The lowest BCUT2D eigenvalue weighted by molar-refractivity contribution is -0.162. The Kier molecular flexibility index (Phi) is 6.96. The number of rotatable bonds is 0. The number of nitrogens with two attached hydrogens (primary N) is 1. The van der Waals surface area contributed by atoms with Gasteiger partial charge in [0.25, 0.3) is 0 Å². The van der Waals surface area contributed by atoms with Crippen LogP contribution in [0.25, 0.3) is 0 Å². The largest absolute Gasteiger partial charge is 0.389 e. The standard InChI is InChI=1S/C5H11NO3.C2H3I/c6-3-1-5(8)9-2-4(3)7;1-2-3/h3-5,7-8H,1-2,6H2;2H,1H2. The second-order valence-electron chi connectivity index (χ2n) is 2.41. The zero-order valence-electron chi connectivity index (χ0n) is 6.69. The number of halogens is 1. The number of hydrogen-bond donors (Lipinski definition) is 3. The van der Waals surface area contributed by atoms with Crippen LogP contribution in [0, 0.1) is 0 Å². The van der Waals surface area contributed by atoms with Gasteiger partial charge in [0.2, 0.25) is 0 Å². The molecule has 0 aromatic heterocycles. The van der Waals surface area contributed by atoms with E-state index in [4.69, 9.17) is 15.9 Å². The lowest BCUT2D eigenvalue weighted by Crippen LogP contribution is -2.46. The summed E-state index contributed by atoms with van der Waals surface area (Å²) in [6, 6.07) is -0.339.